The highest BCUT2D eigenvalue weighted by Gasteiger charge is 2.14. The maximum Gasteiger partial charge on any atom is 0.126 e. The molecule has 5 heteroatoms. The first-order valence-electron chi connectivity index (χ1n) is 4.99. The lowest BCUT2D eigenvalue weighted by atomic mass is 10.0. The molecule has 3 nitrogen and oxygen atoms in total. The van der Waals surface area contributed by atoms with Gasteiger partial charge < -0.3 is 5.32 Å². The van der Waals surface area contributed by atoms with Crippen LogP contribution >= 0.6 is 11.7 Å². The monoisotopic (exact) mass is 237 g/mol. The van der Waals surface area contributed by atoms with Crippen molar-refractivity contribution in [2.24, 2.45) is 0 Å². The molecule has 0 fully saturated rings. The summed E-state index contributed by atoms with van der Waals surface area (Å²) >= 11 is 1.16. The Morgan fingerprint density at radius 2 is 2.25 bits per heavy atom. The van der Waals surface area contributed by atoms with Crippen molar-refractivity contribution in [2.75, 3.05) is 7.05 Å². The number of nitrogens with one attached hydrogen (secondary N) is 1. The number of aromatic nitrogens is 2. The first-order chi connectivity index (χ1) is 7.81. The van der Waals surface area contributed by atoms with Gasteiger partial charge in [-0.15, -0.1) is 0 Å². The number of hydrogen-bond acceptors (Lipinski definition) is 4. The molecule has 84 valence electrons. The van der Waals surface area contributed by atoms with Crippen LogP contribution in [0.1, 0.15) is 17.3 Å². The topological polar surface area (TPSA) is 37.8 Å². The van der Waals surface area contributed by atoms with Crippen molar-refractivity contribution in [1.82, 2.24) is 14.1 Å². The summed E-state index contributed by atoms with van der Waals surface area (Å²) in [4.78, 5) is 0. The maximum absolute atomic E-state index is 13.5. The van der Waals surface area contributed by atoms with E-state index in [0.717, 1.165) is 17.4 Å². The van der Waals surface area contributed by atoms with Gasteiger partial charge in [0, 0.05) is 0 Å². The van der Waals surface area contributed by atoms with Gasteiger partial charge in [-0.1, -0.05) is 18.2 Å². The molecule has 0 aliphatic carbocycles. The van der Waals surface area contributed by atoms with Gasteiger partial charge in [-0.05, 0) is 25.1 Å². The van der Waals surface area contributed by atoms with Crippen molar-refractivity contribution in [2.45, 2.75) is 12.5 Å². The standard InChI is InChI=1S/C11H12FN3S/c1-13-10(11-7-14-16-15-11)6-8-4-2-3-5-9(8)12/h2-5,7,10,13H,6H2,1H3. The van der Waals surface area contributed by atoms with Gasteiger partial charge in [0.05, 0.1) is 29.7 Å². The first kappa shape index (κ1) is 11.2. The lowest BCUT2D eigenvalue weighted by Crippen LogP contribution is -2.19. The highest BCUT2D eigenvalue weighted by molar-refractivity contribution is 6.99. The van der Waals surface area contributed by atoms with Crippen LogP contribution in [0.4, 0.5) is 4.39 Å². The van der Waals surface area contributed by atoms with Gasteiger partial charge in [-0.2, -0.15) is 8.75 Å². The fraction of sp³-hybridized carbons (Fsp3) is 0.273. The second-order valence-corrected chi connectivity index (χ2v) is 4.03. The van der Waals surface area contributed by atoms with Crippen LogP contribution in [0.25, 0.3) is 0 Å². The Kier molecular flexibility index (Phi) is 3.58. The van der Waals surface area contributed by atoms with Gasteiger partial charge in [0.15, 0.2) is 0 Å². The van der Waals surface area contributed by atoms with Crippen molar-refractivity contribution >= 4 is 11.7 Å². The van der Waals surface area contributed by atoms with Crippen LogP contribution < -0.4 is 5.32 Å². The average Bonchev–Trinajstić information content (AvgIpc) is 2.81. The summed E-state index contributed by atoms with van der Waals surface area (Å²) in [6.45, 7) is 0. The minimum atomic E-state index is -0.175. The Hall–Kier alpha value is -1.33. The molecular weight excluding hydrogens is 225 g/mol. The molecule has 1 unspecified atom stereocenters. The third-order valence-electron chi connectivity index (χ3n) is 2.47. The zero-order valence-corrected chi connectivity index (χ0v) is 9.67. The predicted molar refractivity (Wildman–Crippen MR) is 61.8 cm³/mol. The van der Waals surface area contributed by atoms with Crippen molar-refractivity contribution < 1.29 is 4.39 Å². The number of hydrogen-bond donors (Lipinski definition) is 1. The minimum Gasteiger partial charge on any atom is -0.311 e. The Morgan fingerprint density at radius 1 is 1.44 bits per heavy atom. The molecule has 0 aliphatic rings. The van der Waals surface area contributed by atoms with E-state index < -0.39 is 0 Å². The lowest BCUT2D eigenvalue weighted by molar-refractivity contribution is 0.547. The molecule has 0 saturated carbocycles. The Balaban J connectivity index is 2.17. The Labute approximate surface area is 97.7 Å². The molecule has 1 aromatic heterocycles. The van der Waals surface area contributed by atoms with Crippen molar-refractivity contribution in [1.29, 1.82) is 0 Å². The summed E-state index contributed by atoms with van der Waals surface area (Å²) in [5.41, 5.74) is 1.55. The summed E-state index contributed by atoms with van der Waals surface area (Å²) in [6, 6.07) is 6.80. The molecule has 1 heterocycles. The lowest BCUT2D eigenvalue weighted by Gasteiger charge is -2.13. The largest absolute Gasteiger partial charge is 0.311 e. The smallest absolute Gasteiger partial charge is 0.126 e. The normalized spacial score (nSPS) is 12.6. The molecule has 0 radical (unpaired) electrons. The highest BCUT2D eigenvalue weighted by Crippen LogP contribution is 2.18. The van der Waals surface area contributed by atoms with E-state index in [0.29, 0.717) is 12.0 Å². The predicted octanol–water partition coefficient (Wildman–Crippen LogP) is 2.18. The van der Waals surface area contributed by atoms with E-state index in [1.165, 1.54) is 6.07 Å². The molecule has 0 saturated heterocycles. The molecule has 0 aliphatic heterocycles. The van der Waals surface area contributed by atoms with Gasteiger partial charge >= 0.3 is 0 Å². The fourth-order valence-electron chi connectivity index (χ4n) is 1.56. The zero-order valence-electron chi connectivity index (χ0n) is 8.85. The second-order valence-electron chi connectivity index (χ2n) is 3.47. The molecule has 0 amide bonds. The van der Waals surface area contributed by atoms with Crippen LogP contribution in [0.5, 0.6) is 0 Å². The Morgan fingerprint density at radius 3 is 2.88 bits per heavy atom. The van der Waals surface area contributed by atoms with Gasteiger partial charge in [-0.3, -0.25) is 0 Å². The van der Waals surface area contributed by atoms with Crippen LogP contribution in [0, 0.1) is 5.82 Å². The molecule has 2 rings (SSSR count). The van der Waals surface area contributed by atoms with Crippen molar-refractivity contribution in [3.05, 3.63) is 47.5 Å². The van der Waals surface area contributed by atoms with E-state index in [4.69, 9.17) is 0 Å². The second kappa shape index (κ2) is 5.14. The molecule has 1 aromatic carbocycles. The molecule has 0 bridgehead atoms. The molecular formula is C11H12FN3S. The van der Waals surface area contributed by atoms with Crippen LogP contribution in [0.3, 0.4) is 0 Å². The molecule has 16 heavy (non-hydrogen) atoms. The third-order valence-corrected chi connectivity index (χ3v) is 2.96. The molecule has 1 N–H and O–H groups in total. The third kappa shape index (κ3) is 2.43. The fourth-order valence-corrected chi connectivity index (χ4v) is 2.03. The zero-order chi connectivity index (χ0) is 11.4. The molecule has 2 aromatic rings. The highest BCUT2D eigenvalue weighted by atomic mass is 32.1. The van der Waals surface area contributed by atoms with Gasteiger partial charge in [0.2, 0.25) is 0 Å². The average molecular weight is 237 g/mol. The minimum absolute atomic E-state index is 0.00986. The van der Waals surface area contributed by atoms with E-state index in [-0.39, 0.29) is 11.9 Å². The SMILES string of the molecule is CNC(Cc1ccccc1F)c1cnsn1. The van der Waals surface area contributed by atoms with E-state index in [1.54, 1.807) is 18.3 Å². The summed E-state index contributed by atoms with van der Waals surface area (Å²) in [6.07, 6.45) is 2.29. The van der Waals surface area contributed by atoms with E-state index in [9.17, 15) is 4.39 Å². The van der Waals surface area contributed by atoms with Gasteiger partial charge in [-0.25, -0.2) is 4.39 Å². The first-order valence-corrected chi connectivity index (χ1v) is 5.72. The molecule has 0 spiro atoms. The van der Waals surface area contributed by atoms with Crippen LogP contribution in [0.2, 0.25) is 0 Å². The van der Waals surface area contributed by atoms with Crippen LogP contribution in [-0.2, 0) is 6.42 Å². The summed E-state index contributed by atoms with van der Waals surface area (Å²) in [7, 11) is 1.84. The van der Waals surface area contributed by atoms with E-state index in [2.05, 4.69) is 14.1 Å². The van der Waals surface area contributed by atoms with E-state index in [1.807, 2.05) is 13.1 Å². The van der Waals surface area contributed by atoms with Crippen LogP contribution in [0.15, 0.2) is 30.5 Å². The van der Waals surface area contributed by atoms with Crippen molar-refractivity contribution in [3.8, 4) is 0 Å². The summed E-state index contributed by atoms with van der Waals surface area (Å²) < 4.78 is 21.6. The number of benzene rings is 1. The molecule has 1 atom stereocenters. The maximum atomic E-state index is 13.5. The van der Waals surface area contributed by atoms with E-state index >= 15 is 0 Å². The Bertz CT molecular complexity index is 444. The number of nitrogens with zero attached hydrogens (tertiary/aromatic N) is 2. The quantitative estimate of drug-likeness (QED) is 0.885. The van der Waals surface area contributed by atoms with Crippen LogP contribution in [-0.4, -0.2) is 15.8 Å². The summed E-state index contributed by atoms with van der Waals surface area (Å²) in [5.74, 6) is -0.175. The van der Waals surface area contributed by atoms with Crippen molar-refractivity contribution in [3.63, 3.8) is 0 Å². The summed E-state index contributed by atoms with van der Waals surface area (Å²) in [5, 5.41) is 3.12. The number of halogens is 1. The number of rotatable bonds is 4. The van der Waals surface area contributed by atoms with Gasteiger partial charge in [0.25, 0.3) is 0 Å². The van der Waals surface area contributed by atoms with Gasteiger partial charge in [0.1, 0.15) is 5.82 Å². The number of likely N-dealkylation sites (N-methyl/N-ethyl adjacent to an activating group) is 1.